The number of benzene rings is 2. The summed E-state index contributed by atoms with van der Waals surface area (Å²) in [7, 11) is 0. The average molecular weight is 370 g/mol. The van der Waals surface area contributed by atoms with E-state index in [0.717, 1.165) is 11.1 Å². The first-order valence-electron chi connectivity index (χ1n) is 8.30. The van der Waals surface area contributed by atoms with Crippen molar-refractivity contribution in [3.8, 4) is 5.75 Å². The molecule has 0 saturated heterocycles. The van der Waals surface area contributed by atoms with Gasteiger partial charge in [0, 0.05) is 5.02 Å². The highest BCUT2D eigenvalue weighted by Crippen LogP contribution is 2.33. The second-order valence-corrected chi connectivity index (χ2v) is 6.59. The topological polar surface area (TPSA) is 68.5 Å². The first-order chi connectivity index (χ1) is 12.5. The molecule has 0 spiro atoms. The molecule has 2 heterocycles. The lowest BCUT2D eigenvalue weighted by Crippen LogP contribution is -2.22. The Bertz CT molecular complexity index is 1100. The smallest absolute Gasteiger partial charge is 0.288 e. The van der Waals surface area contributed by atoms with Crippen molar-refractivity contribution in [2.75, 3.05) is 6.61 Å². The predicted octanol–water partition coefficient (Wildman–Crippen LogP) is 3.99. The van der Waals surface area contributed by atoms with Gasteiger partial charge in [-0.15, -0.1) is 0 Å². The molecular formula is C20H16ClNO4. The van der Waals surface area contributed by atoms with Crippen LogP contribution in [-0.4, -0.2) is 12.5 Å². The summed E-state index contributed by atoms with van der Waals surface area (Å²) >= 11 is 6.17. The van der Waals surface area contributed by atoms with E-state index in [9.17, 15) is 9.59 Å². The first-order valence-corrected chi connectivity index (χ1v) is 8.68. The maximum Gasteiger partial charge on any atom is 0.288 e. The Morgan fingerprint density at radius 1 is 1.23 bits per heavy atom. The van der Waals surface area contributed by atoms with Crippen molar-refractivity contribution in [1.29, 1.82) is 0 Å². The van der Waals surface area contributed by atoms with Crippen molar-refractivity contribution in [1.82, 2.24) is 5.32 Å². The summed E-state index contributed by atoms with van der Waals surface area (Å²) in [5.74, 6) is 0.325. The summed E-state index contributed by atoms with van der Waals surface area (Å²) in [5, 5.41) is 3.67. The zero-order chi connectivity index (χ0) is 18.4. The lowest BCUT2D eigenvalue weighted by Gasteiger charge is -2.13. The fourth-order valence-electron chi connectivity index (χ4n) is 3.23. The monoisotopic (exact) mass is 369 g/mol. The van der Waals surface area contributed by atoms with Crippen molar-refractivity contribution < 1.29 is 13.9 Å². The van der Waals surface area contributed by atoms with Gasteiger partial charge in [0.05, 0.1) is 23.6 Å². The Hall–Kier alpha value is -2.79. The first kappa shape index (κ1) is 16.7. The van der Waals surface area contributed by atoms with Gasteiger partial charge in [-0.05, 0) is 49.2 Å². The largest absolute Gasteiger partial charge is 0.494 e. The minimum atomic E-state index is -0.585. The minimum absolute atomic E-state index is 0.0519. The molecule has 1 unspecified atom stereocenters. The number of halogens is 1. The SMILES string of the molecule is CCOc1cccc(C2NC(=O)c3oc4cc(C)c(Cl)cc4c(=O)c32)c1. The van der Waals surface area contributed by atoms with Gasteiger partial charge in [0.15, 0.2) is 5.43 Å². The molecule has 1 N–H and O–H groups in total. The van der Waals surface area contributed by atoms with Gasteiger partial charge < -0.3 is 14.5 Å². The van der Waals surface area contributed by atoms with E-state index in [4.69, 9.17) is 20.8 Å². The van der Waals surface area contributed by atoms with Crippen LogP contribution in [0.1, 0.15) is 40.2 Å². The zero-order valence-electron chi connectivity index (χ0n) is 14.3. The Kier molecular flexibility index (Phi) is 3.96. The Labute approximate surface area is 154 Å². The molecule has 1 aliphatic rings. The molecule has 1 aromatic heterocycles. The molecule has 0 radical (unpaired) electrons. The van der Waals surface area contributed by atoms with E-state index < -0.39 is 11.9 Å². The summed E-state index contributed by atoms with van der Waals surface area (Å²) in [5.41, 5.74) is 1.94. The molecule has 0 saturated carbocycles. The molecule has 0 fully saturated rings. The van der Waals surface area contributed by atoms with Crippen LogP contribution in [0.4, 0.5) is 0 Å². The van der Waals surface area contributed by atoms with Gasteiger partial charge in [0.1, 0.15) is 11.3 Å². The Balaban J connectivity index is 1.93. The number of fused-ring (bicyclic) bond motifs is 2. The third-order valence-corrected chi connectivity index (χ3v) is 4.89. The van der Waals surface area contributed by atoms with Gasteiger partial charge >= 0.3 is 0 Å². The van der Waals surface area contributed by atoms with Crippen LogP contribution in [0.25, 0.3) is 11.0 Å². The Morgan fingerprint density at radius 3 is 2.81 bits per heavy atom. The summed E-state index contributed by atoms with van der Waals surface area (Å²) in [4.78, 5) is 25.5. The standard InChI is InChI=1S/C20H16ClNO4/c1-3-25-12-6-4-5-11(8-12)17-16-18(23)13-9-14(21)10(2)7-15(13)26-19(16)20(24)22-17/h4-9,17H,3H2,1-2H3,(H,22,24). The lowest BCUT2D eigenvalue weighted by atomic mass is 9.99. The normalized spacial score (nSPS) is 15.8. The molecule has 1 atom stereocenters. The lowest BCUT2D eigenvalue weighted by molar-refractivity contribution is 0.0938. The maximum absolute atomic E-state index is 13.1. The number of carbonyl (C=O) groups is 1. The number of hydrogen-bond donors (Lipinski definition) is 1. The molecule has 5 nitrogen and oxygen atoms in total. The molecule has 0 aliphatic carbocycles. The molecule has 1 aliphatic heterocycles. The summed E-state index contributed by atoms with van der Waals surface area (Å²) in [6.45, 7) is 4.24. The van der Waals surface area contributed by atoms with E-state index >= 15 is 0 Å². The second kappa shape index (κ2) is 6.18. The highest BCUT2D eigenvalue weighted by Gasteiger charge is 2.36. The van der Waals surface area contributed by atoms with Crippen LogP contribution in [0.15, 0.2) is 45.6 Å². The highest BCUT2D eigenvalue weighted by molar-refractivity contribution is 6.32. The van der Waals surface area contributed by atoms with E-state index in [0.29, 0.717) is 33.9 Å². The molecule has 26 heavy (non-hydrogen) atoms. The number of amides is 1. The van der Waals surface area contributed by atoms with Gasteiger partial charge in [0.25, 0.3) is 5.91 Å². The van der Waals surface area contributed by atoms with E-state index in [1.807, 2.05) is 38.1 Å². The average Bonchev–Trinajstić information content (AvgIpc) is 2.95. The van der Waals surface area contributed by atoms with Gasteiger partial charge in [-0.2, -0.15) is 0 Å². The van der Waals surface area contributed by atoms with Gasteiger partial charge in [-0.25, -0.2) is 0 Å². The third-order valence-electron chi connectivity index (χ3n) is 4.48. The van der Waals surface area contributed by atoms with Gasteiger partial charge in [0.2, 0.25) is 5.76 Å². The van der Waals surface area contributed by atoms with Crippen molar-refractivity contribution in [3.63, 3.8) is 0 Å². The van der Waals surface area contributed by atoms with Gasteiger partial charge in [-0.3, -0.25) is 9.59 Å². The fraction of sp³-hybridized carbons (Fsp3) is 0.200. The van der Waals surface area contributed by atoms with Crippen LogP contribution in [0.5, 0.6) is 5.75 Å². The van der Waals surface area contributed by atoms with Crippen LogP contribution in [-0.2, 0) is 0 Å². The predicted molar refractivity (Wildman–Crippen MR) is 99.2 cm³/mol. The van der Waals surface area contributed by atoms with Crippen LogP contribution < -0.4 is 15.5 Å². The molecule has 6 heteroatoms. The number of ether oxygens (including phenoxy) is 1. The molecule has 1 amide bonds. The summed E-state index contributed by atoms with van der Waals surface area (Å²) < 4.78 is 11.3. The van der Waals surface area contributed by atoms with Crippen molar-refractivity contribution in [2.45, 2.75) is 19.9 Å². The van der Waals surface area contributed by atoms with Crippen molar-refractivity contribution in [3.05, 3.63) is 74.1 Å². The van der Waals surface area contributed by atoms with E-state index in [1.54, 1.807) is 12.1 Å². The highest BCUT2D eigenvalue weighted by atomic mass is 35.5. The third kappa shape index (κ3) is 2.56. The molecule has 2 aromatic carbocycles. The van der Waals surface area contributed by atoms with Crippen LogP contribution >= 0.6 is 11.6 Å². The van der Waals surface area contributed by atoms with E-state index in [-0.39, 0.29) is 11.2 Å². The van der Waals surface area contributed by atoms with Crippen LogP contribution in [0.3, 0.4) is 0 Å². The fourth-order valence-corrected chi connectivity index (χ4v) is 3.39. The maximum atomic E-state index is 13.1. The number of nitrogens with one attached hydrogen (secondary N) is 1. The second-order valence-electron chi connectivity index (χ2n) is 6.18. The molecular weight excluding hydrogens is 354 g/mol. The minimum Gasteiger partial charge on any atom is -0.494 e. The zero-order valence-corrected chi connectivity index (χ0v) is 15.0. The van der Waals surface area contributed by atoms with E-state index in [1.165, 1.54) is 0 Å². The molecule has 0 bridgehead atoms. The molecule has 3 aromatic rings. The van der Waals surface area contributed by atoms with E-state index in [2.05, 4.69) is 5.32 Å². The summed E-state index contributed by atoms with van der Waals surface area (Å²) in [6.07, 6.45) is 0. The number of hydrogen-bond acceptors (Lipinski definition) is 4. The number of aryl methyl sites for hydroxylation is 1. The van der Waals surface area contributed by atoms with Crippen LogP contribution in [0, 0.1) is 6.92 Å². The molecule has 132 valence electrons. The number of rotatable bonds is 3. The van der Waals surface area contributed by atoms with Crippen LogP contribution in [0.2, 0.25) is 5.02 Å². The Morgan fingerprint density at radius 2 is 2.04 bits per heavy atom. The van der Waals surface area contributed by atoms with Gasteiger partial charge in [-0.1, -0.05) is 23.7 Å². The van der Waals surface area contributed by atoms with Crippen molar-refractivity contribution >= 4 is 28.5 Å². The number of carbonyl (C=O) groups excluding carboxylic acids is 1. The molecule has 4 rings (SSSR count). The quantitative estimate of drug-likeness (QED) is 0.758. The van der Waals surface area contributed by atoms with Crippen molar-refractivity contribution in [2.24, 2.45) is 0 Å². The summed E-state index contributed by atoms with van der Waals surface area (Å²) in [6, 6.07) is 10.00.